The smallest absolute Gasteiger partial charge is 0.174 e. The van der Waals surface area contributed by atoms with E-state index in [1.807, 2.05) is 26.8 Å². The maximum Gasteiger partial charge on any atom is 0.174 e. The highest BCUT2D eigenvalue weighted by Crippen LogP contribution is 2.72. The fourth-order valence-electron chi connectivity index (χ4n) is 6.11. The lowest BCUT2D eigenvalue weighted by Gasteiger charge is -2.46. The molecule has 4 aliphatic carbocycles. The predicted molar refractivity (Wildman–Crippen MR) is 87.5 cm³/mol. The Morgan fingerprint density at radius 2 is 1.83 bits per heavy atom. The van der Waals surface area contributed by atoms with Crippen LogP contribution in [0.5, 0.6) is 0 Å². The SMILES string of the molecule is CC1=CC(=O)[C@@]23C(=O)[C@H](C)C[C@@H]4[C@H]([C@@H]2[C@@H](O)[C@@H](C)C=C13)C4(C)C. The van der Waals surface area contributed by atoms with Crippen LogP contribution in [0.4, 0.5) is 0 Å². The summed E-state index contributed by atoms with van der Waals surface area (Å²) >= 11 is 0. The third-order valence-electron chi connectivity index (χ3n) is 7.39. The number of carbonyl (C=O) groups is 2. The maximum atomic E-state index is 13.4. The van der Waals surface area contributed by atoms with Gasteiger partial charge in [-0.15, -0.1) is 0 Å². The van der Waals surface area contributed by atoms with Gasteiger partial charge in [-0.3, -0.25) is 9.59 Å². The minimum atomic E-state index is -1.11. The average Bonchev–Trinajstić information content (AvgIpc) is 2.92. The second-order valence-corrected chi connectivity index (χ2v) is 8.91. The molecule has 0 radical (unpaired) electrons. The van der Waals surface area contributed by atoms with Crippen LogP contribution in [0.3, 0.4) is 0 Å². The number of allylic oxidation sites excluding steroid dienone is 3. The van der Waals surface area contributed by atoms with Gasteiger partial charge in [-0.1, -0.05) is 33.8 Å². The molecule has 0 aromatic carbocycles. The van der Waals surface area contributed by atoms with Crippen molar-refractivity contribution in [3.63, 3.8) is 0 Å². The van der Waals surface area contributed by atoms with Crippen LogP contribution >= 0.6 is 0 Å². The molecule has 0 saturated heterocycles. The third-order valence-corrected chi connectivity index (χ3v) is 7.39. The molecule has 1 spiro atoms. The highest BCUT2D eigenvalue weighted by molar-refractivity contribution is 6.19. The standard InChI is InChI=1S/C20H26O3/c1-9-8-14(21)20-12(9)6-10(2)17(22)16(20)15-13(19(15,4)5)7-11(3)18(20)23/h6,8,10-11,13,15-17,22H,7H2,1-5H3/t10-,11+,13+,15+,16+,17-,20+/m0/s1. The number of rotatable bonds is 0. The molecule has 7 atom stereocenters. The Morgan fingerprint density at radius 1 is 1.17 bits per heavy atom. The molecule has 2 fully saturated rings. The van der Waals surface area contributed by atoms with E-state index in [0.29, 0.717) is 5.92 Å². The predicted octanol–water partition coefficient (Wildman–Crippen LogP) is 2.94. The van der Waals surface area contributed by atoms with Crippen molar-refractivity contribution in [3.8, 4) is 0 Å². The molecule has 1 N–H and O–H groups in total. The Kier molecular flexibility index (Phi) is 2.82. The number of hydrogen-bond acceptors (Lipinski definition) is 3. The fourth-order valence-corrected chi connectivity index (χ4v) is 6.11. The average molecular weight is 314 g/mol. The van der Waals surface area contributed by atoms with E-state index in [4.69, 9.17) is 0 Å². The summed E-state index contributed by atoms with van der Waals surface area (Å²) in [7, 11) is 0. The van der Waals surface area contributed by atoms with E-state index >= 15 is 0 Å². The molecule has 4 aliphatic rings. The zero-order valence-corrected chi connectivity index (χ0v) is 14.6. The first kappa shape index (κ1) is 15.3. The topological polar surface area (TPSA) is 54.4 Å². The normalized spacial score (nSPS) is 50.3. The summed E-state index contributed by atoms with van der Waals surface area (Å²) in [6.07, 6.45) is 3.85. The van der Waals surface area contributed by atoms with Gasteiger partial charge in [0, 0.05) is 17.8 Å². The number of aliphatic hydroxyl groups is 1. The van der Waals surface area contributed by atoms with Gasteiger partial charge in [0.05, 0.1) is 6.10 Å². The molecule has 0 bridgehead atoms. The van der Waals surface area contributed by atoms with Gasteiger partial charge >= 0.3 is 0 Å². The summed E-state index contributed by atoms with van der Waals surface area (Å²) < 4.78 is 0. The minimum absolute atomic E-state index is 0.0179. The molecule has 2 saturated carbocycles. The fraction of sp³-hybridized carbons (Fsp3) is 0.700. The third kappa shape index (κ3) is 1.55. The number of Topliss-reactive ketones (excluding diaryl/α,β-unsaturated/α-hetero) is 1. The van der Waals surface area contributed by atoms with Crippen molar-refractivity contribution >= 4 is 11.6 Å². The van der Waals surface area contributed by atoms with Crippen LogP contribution in [-0.2, 0) is 9.59 Å². The van der Waals surface area contributed by atoms with Crippen molar-refractivity contribution in [2.75, 3.05) is 0 Å². The molecule has 3 nitrogen and oxygen atoms in total. The lowest BCUT2D eigenvalue weighted by molar-refractivity contribution is -0.146. The minimum Gasteiger partial charge on any atom is -0.392 e. The second-order valence-electron chi connectivity index (χ2n) is 8.91. The van der Waals surface area contributed by atoms with Gasteiger partial charge in [0.1, 0.15) is 5.41 Å². The van der Waals surface area contributed by atoms with E-state index in [0.717, 1.165) is 17.6 Å². The number of carbonyl (C=O) groups excluding carboxylic acids is 2. The van der Waals surface area contributed by atoms with Crippen LogP contribution < -0.4 is 0 Å². The van der Waals surface area contributed by atoms with Gasteiger partial charge in [0.15, 0.2) is 11.6 Å². The van der Waals surface area contributed by atoms with E-state index in [-0.39, 0.29) is 40.7 Å². The van der Waals surface area contributed by atoms with Crippen LogP contribution in [0.1, 0.15) is 41.0 Å². The lowest BCUT2D eigenvalue weighted by atomic mass is 9.56. The van der Waals surface area contributed by atoms with E-state index in [2.05, 4.69) is 13.8 Å². The second kappa shape index (κ2) is 4.24. The molecule has 0 aromatic heterocycles. The van der Waals surface area contributed by atoms with Crippen molar-refractivity contribution in [2.24, 2.45) is 40.4 Å². The Hall–Kier alpha value is -1.22. The Labute approximate surface area is 137 Å². The van der Waals surface area contributed by atoms with E-state index < -0.39 is 11.5 Å². The quantitative estimate of drug-likeness (QED) is 0.699. The van der Waals surface area contributed by atoms with Gasteiger partial charge in [-0.05, 0) is 47.8 Å². The van der Waals surface area contributed by atoms with Crippen molar-refractivity contribution in [1.29, 1.82) is 0 Å². The van der Waals surface area contributed by atoms with Crippen LogP contribution in [0.25, 0.3) is 0 Å². The summed E-state index contributed by atoms with van der Waals surface area (Å²) in [6, 6.07) is 0. The van der Waals surface area contributed by atoms with Crippen LogP contribution in [0.2, 0.25) is 0 Å². The summed E-state index contributed by atoms with van der Waals surface area (Å²) in [5, 5.41) is 11.0. The lowest BCUT2D eigenvalue weighted by Crippen LogP contribution is -2.55. The zero-order chi connectivity index (χ0) is 16.9. The maximum absolute atomic E-state index is 13.4. The summed E-state index contributed by atoms with van der Waals surface area (Å²) in [6.45, 7) is 10.4. The Morgan fingerprint density at radius 3 is 2.48 bits per heavy atom. The Bertz CT molecular complexity index is 683. The van der Waals surface area contributed by atoms with Gasteiger partial charge < -0.3 is 5.11 Å². The number of fused-ring (bicyclic) bond motifs is 2. The van der Waals surface area contributed by atoms with E-state index in [1.54, 1.807) is 6.08 Å². The monoisotopic (exact) mass is 314 g/mol. The molecular formula is C20H26O3. The van der Waals surface area contributed by atoms with Gasteiger partial charge in [-0.2, -0.15) is 0 Å². The first-order valence-corrected chi connectivity index (χ1v) is 8.83. The molecule has 4 rings (SSSR count). The molecule has 0 amide bonds. The largest absolute Gasteiger partial charge is 0.392 e. The summed E-state index contributed by atoms with van der Waals surface area (Å²) in [5.74, 6) is 0.230. The van der Waals surface area contributed by atoms with Gasteiger partial charge in [-0.25, -0.2) is 0 Å². The molecule has 0 unspecified atom stereocenters. The van der Waals surface area contributed by atoms with E-state index in [9.17, 15) is 14.7 Å². The van der Waals surface area contributed by atoms with Crippen LogP contribution in [-0.4, -0.2) is 22.8 Å². The molecule has 3 heteroatoms. The number of hydrogen-bond donors (Lipinski definition) is 1. The molecule has 23 heavy (non-hydrogen) atoms. The molecule has 124 valence electrons. The van der Waals surface area contributed by atoms with Gasteiger partial charge in [0.25, 0.3) is 0 Å². The van der Waals surface area contributed by atoms with Crippen LogP contribution in [0.15, 0.2) is 23.3 Å². The van der Waals surface area contributed by atoms with Crippen molar-refractivity contribution in [2.45, 2.75) is 47.1 Å². The van der Waals surface area contributed by atoms with Crippen molar-refractivity contribution in [3.05, 3.63) is 23.3 Å². The van der Waals surface area contributed by atoms with Crippen molar-refractivity contribution in [1.82, 2.24) is 0 Å². The Balaban J connectivity index is 1.99. The zero-order valence-electron chi connectivity index (χ0n) is 14.6. The summed E-state index contributed by atoms with van der Waals surface area (Å²) in [4.78, 5) is 26.4. The first-order chi connectivity index (χ1) is 10.6. The van der Waals surface area contributed by atoms with E-state index in [1.165, 1.54) is 0 Å². The first-order valence-electron chi connectivity index (χ1n) is 8.83. The van der Waals surface area contributed by atoms with Crippen molar-refractivity contribution < 1.29 is 14.7 Å². The highest BCUT2D eigenvalue weighted by atomic mass is 16.3. The molecule has 0 heterocycles. The van der Waals surface area contributed by atoms with Gasteiger partial charge in [0.2, 0.25) is 0 Å². The number of ketones is 2. The molecule has 0 aromatic rings. The molecular weight excluding hydrogens is 288 g/mol. The highest BCUT2D eigenvalue weighted by Gasteiger charge is 2.74. The molecule has 0 aliphatic heterocycles. The number of aliphatic hydroxyl groups excluding tert-OH is 1. The summed E-state index contributed by atoms with van der Waals surface area (Å²) in [5.41, 5.74) is 0.802. The van der Waals surface area contributed by atoms with Crippen LogP contribution in [0, 0.1) is 40.4 Å².